The summed E-state index contributed by atoms with van der Waals surface area (Å²) < 4.78 is 13.7. The lowest BCUT2D eigenvalue weighted by molar-refractivity contribution is -0.129. The molecule has 1 fully saturated rings. The largest absolute Gasteiger partial charge is 0.353 e. The smallest absolute Gasteiger partial charge is 0.219 e. The molecule has 1 saturated heterocycles. The standard InChI is InChI=1S/C24H24FN7O/c1-16(33)31-10-12-32(13-11-31)22-14-21(27-24-19-8-4-5-9-20(19)29-30-24)26-23(28-22)18-7-3-2-6-17(18)15-25/h2-9,14H,10-13,15H2,1H3,(H2,26,27,28,29,30). The molecule has 1 amide bonds. The minimum Gasteiger partial charge on any atom is -0.353 e. The van der Waals surface area contributed by atoms with Crippen molar-refractivity contribution in [1.29, 1.82) is 0 Å². The number of carbonyl (C=O) groups is 1. The van der Waals surface area contributed by atoms with Crippen molar-refractivity contribution in [1.82, 2.24) is 25.1 Å². The second kappa shape index (κ2) is 8.85. The topological polar surface area (TPSA) is 90.0 Å². The van der Waals surface area contributed by atoms with E-state index in [1.807, 2.05) is 47.4 Å². The summed E-state index contributed by atoms with van der Waals surface area (Å²) in [7, 11) is 0. The average Bonchev–Trinajstić information content (AvgIpc) is 3.26. The van der Waals surface area contributed by atoms with Crippen LogP contribution in [-0.2, 0) is 11.5 Å². The van der Waals surface area contributed by atoms with Gasteiger partial charge in [0.2, 0.25) is 5.91 Å². The van der Waals surface area contributed by atoms with E-state index in [1.54, 1.807) is 19.1 Å². The van der Waals surface area contributed by atoms with Crippen LogP contribution >= 0.6 is 0 Å². The highest BCUT2D eigenvalue weighted by molar-refractivity contribution is 5.91. The summed E-state index contributed by atoms with van der Waals surface area (Å²) in [4.78, 5) is 25.1. The number of rotatable bonds is 5. The number of aromatic nitrogens is 4. The van der Waals surface area contributed by atoms with E-state index in [0.29, 0.717) is 54.8 Å². The first kappa shape index (κ1) is 20.9. The number of fused-ring (bicyclic) bond motifs is 1. The Morgan fingerprint density at radius 3 is 2.61 bits per heavy atom. The van der Waals surface area contributed by atoms with Gasteiger partial charge >= 0.3 is 0 Å². The molecule has 1 aliphatic heterocycles. The monoisotopic (exact) mass is 445 g/mol. The number of nitrogens with zero attached hydrogens (tertiary/aromatic N) is 5. The maximum atomic E-state index is 13.7. The zero-order chi connectivity index (χ0) is 22.8. The third kappa shape index (κ3) is 4.21. The minimum absolute atomic E-state index is 0.0719. The molecule has 0 saturated carbocycles. The molecule has 0 aliphatic carbocycles. The third-order valence-electron chi connectivity index (χ3n) is 5.88. The Bertz CT molecular complexity index is 1300. The SMILES string of the molecule is CC(=O)N1CCN(c2cc(Nc3n[nH]c4ccccc34)nc(-c3ccccc3CF)n2)CC1. The van der Waals surface area contributed by atoms with E-state index in [2.05, 4.69) is 20.4 Å². The average molecular weight is 446 g/mol. The molecular weight excluding hydrogens is 421 g/mol. The first-order chi connectivity index (χ1) is 16.1. The maximum absolute atomic E-state index is 13.7. The highest BCUT2D eigenvalue weighted by Crippen LogP contribution is 2.29. The van der Waals surface area contributed by atoms with Gasteiger partial charge in [-0.15, -0.1) is 0 Å². The van der Waals surface area contributed by atoms with Crippen LogP contribution in [0.4, 0.5) is 21.8 Å². The second-order valence-electron chi connectivity index (χ2n) is 7.96. The van der Waals surface area contributed by atoms with Gasteiger partial charge in [-0.1, -0.05) is 36.4 Å². The van der Waals surface area contributed by atoms with Crippen molar-refractivity contribution in [3.8, 4) is 11.4 Å². The minimum atomic E-state index is -0.603. The van der Waals surface area contributed by atoms with Gasteiger partial charge in [0.15, 0.2) is 11.6 Å². The van der Waals surface area contributed by atoms with E-state index in [4.69, 9.17) is 9.97 Å². The van der Waals surface area contributed by atoms with Gasteiger partial charge in [0.25, 0.3) is 0 Å². The van der Waals surface area contributed by atoms with Gasteiger partial charge in [-0.3, -0.25) is 9.89 Å². The van der Waals surface area contributed by atoms with Crippen molar-refractivity contribution >= 4 is 34.3 Å². The van der Waals surface area contributed by atoms with Gasteiger partial charge in [0.05, 0.1) is 5.52 Å². The quantitative estimate of drug-likeness (QED) is 0.484. The van der Waals surface area contributed by atoms with Crippen LogP contribution in [0.15, 0.2) is 54.6 Å². The number of aromatic amines is 1. The number of piperazine rings is 1. The first-order valence-electron chi connectivity index (χ1n) is 10.9. The Balaban J connectivity index is 1.54. The zero-order valence-corrected chi connectivity index (χ0v) is 18.3. The number of hydrogen-bond acceptors (Lipinski definition) is 6. The Kier molecular flexibility index (Phi) is 5.60. The van der Waals surface area contributed by atoms with Crippen molar-refractivity contribution < 1.29 is 9.18 Å². The lowest BCUT2D eigenvalue weighted by Gasteiger charge is -2.35. The van der Waals surface area contributed by atoms with Gasteiger partial charge in [0, 0.05) is 50.1 Å². The van der Waals surface area contributed by atoms with Crippen molar-refractivity contribution in [3.05, 3.63) is 60.2 Å². The van der Waals surface area contributed by atoms with E-state index in [0.717, 1.165) is 16.7 Å². The van der Waals surface area contributed by atoms with Gasteiger partial charge in [-0.25, -0.2) is 14.4 Å². The number of anilines is 3. The molecule has 2 aromatic heterocycles. The zero-order valence-electron chi connectivity index (χ0n) is 18.3. The summed E-state index contributed by atoms with van der Waals surface area (Å²) in [5.74, 6) is 2.45. The van der Waals surface area contributed by atoms with Crippen LogP contribution in [0.1, 0.15) is 12.5 Å². The number of benzene rings is 2. The van der Waals surface area contributed by atoms with Gasteiger partial charge < -0.3 is 15.1 Å². The molecule has 4 aromatic rings. The van der Waals surface area contributed by atoms with Crippen molar-refractivity contribution in [3.63, 3.8) is 0 Å². The van der Waals surface area contributed by atoms with Crippen LogP contribution in [0, 0.1) is 0 Å². The van der Waals surface area contributed by atoms with Crippen LogP contribution in [-0.4, -0.2) is 57.2 Å². The van der Waals surface area contributed by atoms with Gasteiger partial charge in [-0.05, 0) is 17.7 Å². The number of para-hydroxylation sites is 1. The number of carbonyl (C=O) groups excluding carboxylic acids is 1. The Morgan fingerprint density at radius 2 is 1.82 bits per heavy atom. The molecule has 0 bridgehead atoms. The molecule has 5 rings (SSSR count). The Labute approximate surface area is 190 Å². The van der Waals surface area contributed by atoms with E-state index in [-0.39, 0.29) is 5.91 Å². The predicted molar refractivity (Wildman–Crippen MR) is 126 cm³/mol. The number of nitrogens with one attached hydrogen (secondary N) is 2. The molecule has 33 heavy (non-hydrogen) atoms. The highest BCUT2D eigenvalue weighted by atomic mass is 19.1. The fourth-order valence-electron chi connectivity index (χ4n) is 4.07. The van der Waals surface area contributed by atoms with Crippen LogP contribution in [0.2, 0.25) is 0 Å². The molecule has 0 unspecified atom stereocenters. The lowest BCUT2D eigenvalue weighted by atomic mass is 10.1. The van der Waals surface area contributed by atoms with Crippen LogP contribution in [0.5, 0.6) is 0 Å². The number of H-pyrrole nitrogens is 1. The van der Waals surface area contributed by atoms with Crippen LogP contribution in [0.3, 0.4) is 0 Å². The second-order valence-corrected chi connectivity index (χ2v) is 7.96. The summed E-state index contributed by atoms with van der Waals surface area (Å²) in [6, 6.07) is 16.9. The van der Waals surface area contributed by atoms with E-state index in [9.17, 15) is 9.18 Å². The molecule has 3 heterocycles. The van der Waals surface area contributed by atoms with Crippen LogP contribution < -0.4 is 10.2 Å². The van der Waals surface area contributed by atoms with E-state index < -0.39 is 6.67 Å². The Hall–Kier alpha value is -4.01. The predicted octanol–water partition coefficient (Wildman–Crippen LogP) is 3.90. The molecule has 2 aromatic carbocycles. The summed E-state index contributed by atoms with van der Waals surface area (Å²) in [5.41, 5.74) is 2.10. The van der Waals surface area contributed by atoms with Gasteiger partial charge in [-0.2, -0.15) is 5.10 Å². The summed E-state index contributed by atoms with van der Waals surface area (Å²) >= 11 is 0. The molecule has 1 aliphatic rings. The Morgan fingerprint density at radius 1 is 1.06 bits per heavy atom. The van der Waals surface area contributed by atoms with Crippen molar-refractivity contribution in [2.45, 2.75) is 13.6 Å². The fraction of sp³-hybridized carbons (Fsp3) is 0.250. The van der Waals surface area contributed by atoms with E-state index >= 15 is 0 Å². The van der Waals surface area contributed by atoms with Crippen LogP contribution in [0.25, 0.3) is 22.3 Å². The normalized spacial score (nSPS) is 14.0. The molecule has 0 radical (unpaired) electrons. The lowest BCUT2D eigenvalue weighted by Crippen LogP contribution is -2.48. The third-order valence-corrected chi connectivity index (χ3v) is 5.88. The molecule has 0 atom stereocenters. The molecule has 8 nitrogen and oxygen atoms in total. The molecule has 9 heteroatoms. The molecule has 2 N–H and O–H groups in total. The summed E-state index contributed by atoms with van der Waals surface area (Å²) in [6.07, 6.45) is 0. The van der Waals surface area contributed by atoms with E-state index in [1.165, 1.54) is 0 Å². The molecular formula is C24H24FN7O. The first-order valence-corrected chi connectivity index (χ1v) is 10.9. The highest BCUT2D eigenvalue weighted by Gasteiger charge is 2.22. The number of amides is 1. The maximum Gasteiger partial charge on any atom is 0.219 e. The van der Waals surface area contributed by atoms with Crippen molar-refractivity contribution in [2.75, 3.05) is 36.4 Å². The number of alkyl halides is 1. The van der Waals surface area contributed by atoms with Gasteiger partial charge in [0.1, 0.15) is 18.3 Å². The molecule has 0 spiro atoms. The van der Waals surface area contributed by atoms with Crippen molar-refractivity contribution in [2.24, 2.45) is 0 Å². The summed E-state index contributed by atoms with van der Waals surface area (Å²) in [5, 5.41) is 11.6. The number of hydrogen-bond donors (Lipinski definition) is 2. The fourth-order valence-corrected chi connectivity index (χ4v) is 4.07. The number of halogens is 1. The summed E-state index contributed by atoms with van der Waals surface area (Å²) in [6.45, 7) is 3.55. The molecule has 168 valence electrons.